The van der Waals surface area contributed by atoms with E-state index in [0.29, 0.717) is 85.1 Å². The van der Waals surface area contributed by atoms with Gasteiger partial charge < -0.3 is 41.3 Å². The standard InChI is InChI=1S/C45H49ClN12O5/c1-47-41(60)34-7-2-3-8-36(34)52-40-35(46)26-50-44(55-40)53-38-17-14-32(25-49-38)56-20-22-57(23-21-56)45(63)51-31-12-10-30(11-13-31)48-19-5-4-6-28-9-15-33-29(24-28)27-58(43(33)62)37-16-18-39(59)54-42(37)61/h2-3,7-9,14-15,17,24-26,30-31,37,48H,5,10-13,16,18-23,27H2,1H3,(H,47,60)(H,51,63)(H,54,59,61)(H2,49,50,52,53,55)/t30-,31+,37?. The lowest BCUT2D eigenvalue weighted by molar-refractivity contribution is -0.136. The molecule has 63 heavy (non-hydrogen) atoms. The molecule has 4 aromatic rings. The molecular formula is C45H49ClN12O5. The quantitative estimate of drug-likeness (QED) is 0.0709. The van der Waals surface area contributed by atoms with Gasteiger partial charge in [-0.2, -0.15) is 4.98 Å². The van der Waals surface area contributed by atoms with Crippen molar-refractivity contribution in [3.05, 3.63) is 94.3 Å². The number of aromatic nitrogens is 3. The lowest BCUT2D eigenvalue weighted by atomic mass is 9.91. The van der Waals surface area contributed by atoms with Gasteiger partial charge in [0.2, 0.25) is 17.8 Å². The van der Waals surface area contributed by atoms with Crippen LogP contribution in [0.5, 0.6) is 0 Å². The van der Waals surface area contributed by atoms with Gasteiger partial charge in [0, 0.05) is 82.4 Å². The van der Waals surface area contributed by atoms with E-state index in [-0.39, 0.29) is 42.2 Å². The Kier molecular flexibility index (Phi) is 13.3. The fourth-order valence-corrected chi connectivity index (χ4v) is 8.50. The number of pyridine rings is 1. The molecule has 8 rings (SSSR count). The molecule has 0 bridgehead atoms. The van der Waals surface area contributed by atoms with Gasteiger partial charge in [-0.25, -0.2) is 14.8 Å². The van der Waals surface area contributed by atoms with Gasteiger partial charge in [-0.1, -0.05) is 35.6 Å². The summed E-state index contributed by atoms with van der Waals surface area (Å²) < 4.78 is 0. The lowest BCUT2D eigenvalue weighted by Crippen LogP contribution is -2.54. The average Bonchev–Trinajstić information content (AvgIpc) is 3.62. The normalized spacial score (nSPS) is 19.7. The van der Waals surface area contributed by atoms with Crippen molar-refractivity contribution in [2.75, 3.05) is 55.3 Å². The van der Waals surface area contributed by atoms with E-state index in [9.17, 15) is 24.0 Å². The SMILES string of the molecule is CNC(=O)c1ccccc1Nc1nc(Nc2ccc(N3CCN(C(=O)N[C@H]4CC[C@@H](NCCC#Cc5ccc6c(c5)CN(C5CCC(=O)NC5=O)C6=O)CC4)CC3)cn2)ncc1Cl. The Labute approximate surface area is 370 Å². The van der Waals surface area contributed by atoms with Crippen LogP contribution in [-0.2, 0) is 16.1 Å². The summed E-state index contributed by atoms with van der Waals surface area (Å²) in [6.07, 6.45) is 8.27. The third-order valence-electron chi connectivity index (χ3n) is 11.8. The van der Waals surface area contributed by atoms with Crippen molar-refractivity contribution < 1.29 is 24.0 Å². The Morgan fingerprint density at radius 1 is 0.905 bits per heavy atom. The zero-order chi connectivity index (χ0) is 43.9. The first-order chi connectivity index (χ1) is 30.6. The van der Waals surface area contributed by atoms with Gasteiger partial charge in [0.25, 0.3) is 11.8 Å². The van der Waals surface area contributed by atoms with Crippen LogP contribution in [0.4, 0.5) is 33.8 Å². The molecule has 1 unspecified atom stereocenters. The summed E-state index contributed by atoms with van der Waals surface area (Å²) in [5.41, 5.74) is 4.19. The minimum atomic E-state index is -0.634. The molecule has 5 heterocycles. The number of piperazine rings is 1. The number of imide groups is 1. The van der Waals surface area contributed by atoms with Crippen LogP contribution in [0.15, 0.2) is 67.0 Å². The maximum absolute atomic E-state index is 13.2. The number of rotatable bonds is 11. The molecule has 326 valence electrons. The van der Waals surface area contributed by atoms with Gasteiger partial charge in [0.15, 0.2) is 5.82 Å². The second kappa shape index (κ2) is 19.5. The van der Waals surface area contributed by atoms with E-state index in [1.165, 1.54) is 6.20 Å². The Balaban J connectivity index is 0.726. The number of urea groups is 1. The monoisotopic (exact) mass is 872 g/mol. The molecule has 6 amide bonds. The van der Waals surface area contributed by atoms with E-state index >= 15 is 0 Å². The zero-order valence-electron chi connectivity index (χ0n) is 34.9. The highest BCUT2D eigenvalue weighted by Crippen LogP contribution is 2.29. The number of nitrogens with one attached hydrogen (secondary N) is 6. The van der Waals surface area contributed by atoms with Crippen molar-refractivity contribution in [2.45, 2.75) is 69.6 Å². The molecule has 1 atom stereocenters. The molecule has 4 aliphatic rings. The highest BCUT2D eigenvalue weighted by atomic mass is 35.5. The number of carbonyl (C=O) groups is 5. The Bertz CT molecular complexity index is 2440. The van der Waals surface area contributed by atoms with Crippen LogP contribution >= 0.6 is 11.6 Å². The lowest BCUT2D eigenvalue weighted by Gasteiger charge is -2.37. The summed E-state index contributed by atoms with van der Waals surface area (Å²) >= 11 is 6.39. The van der Waals surface area contributed by atoms with Crippen LogP contribution in [0.1, 0.15) is 76.8 Å². The van der Waals surface area contributed by atoms with Crippen molar-refractivity contribution >= 4 is 70.2 Å². The average molecular weight is 873 g/mol. The summed E-state index contributed by atoms with van der Waals surface area (Å²) in [4.78, 5) is 81.4. The second-order valence-electron chi connectivity index (χ2n) is 15.9. The molecule has 1 aliphatic carbocycles. The summed E-state index contributed by atoms with van der Waals surface area (Å²) in [5, 5.41) is 18.4. The third kappa shape index (κ3) is 10.3. The van der Waals surface area contributed by atoms with E-state index < -0.39 is 11.9 Å². The topological polar surface area (TPSA) is 206 Å². The number of anilines is 5. The van der Waals surface area contributed by atoms with Gasteiger partial charge in [-0.15, -0.1) is 0 Å². The molecule has 3 aliphatic heterocycles. The first-order valence-electron chi connectivity index (χ1n) is 21.3. The molecular weight excluding hydrogens is 824 g/mol. The highest BCUT2D eigenvalue weighted by molar-refractivity contribution is 6.33. The maximum atomic E-state index is 13.2. The minimum absolute atomic E-state index is 0.0208. The number of hydrogen-bond acceptors (Lipinski definition) is 12. The molecule has 1 saturated carbocycles. The number of hydrogen-bond donors (Lipinski definition) is 6. The van der Waals surface area contributed by atoms with Crippen molar-refractivity contribution in [2.24, 2.45) is 0 Å². The van der Waals surface area contributed by atoms with Gasteiger partial charge in [0.1, 0.15) is 16.9 Å². The van der Waals surface area contributed by atoms with Crippen molar-refractivity contribution in [3.63, 3.8) is 0 Å². The summed E-state index contributed by atoms with van der Waals surface area (Å²) in [6.45, 7) is 3.66. The van der Waals surface area contributed by atoms with Crippen molar-refractivity contribution in [1.29, 1.82) is 0 Å². The third-order valence-corrected chi connectivity index (χ3v) is 12.1. The van der Waals surface area contributed by atoms with Crippen LogP contribution in [0, 0.1) is 11.8 Å². The fraction of sp³-hybridized carbons (Fsp3) is 0.378. The van der Waals surface area contributed by atoms with E-state index in [1.807, 2.05) is 35.2 Å². The molecule has 17 nitrogen and oxygen atoms in total. The number of nitrogens with zero attached hydrogens (tertiary/aromatic N) is 6. The van der Waals surface area contributed by atoms with Crippen LogP contribution in [0.3, 0.4) is 0 Å². The van der Waals surface area contributed by atoms with Gasteiger partial charge in [0.05, 0.1) is 29.3 Å². The second-order valence-corrected chi connectivity index (χ2v) is 16.3. The van der Waals surface area contributed by atoms with Gasteiger partial charge in [-0.3, -0.25) is 24.5 Å². The maximum Gasteiger partial charge on any atom is 0.317 e. The molecule has 2 aromatic carbocycles. The number of halogens is 1. The molecule has 0 radical (unpaired) electrons. The Hall–Kier alpha value is -6.77. The predicted molar refractivity (Wildman–Crippen MR) is 238 cm³/mol. The first kappa shape index (κ1) is 42.9. The Morgan fingerprint density at radius 2 is 1.70 bits per heavy atom. The van der Waals surface area contributed by atoms with E-state index in [4.69, 9.17) is 11.6 Å². The number of fused-ring (bicyclic) bond motifs is 1. The van der Waals surface area contributed by atoms with Crippen molar-refractivity contribution in [3.8, 4) is 11.8 Å². The summed E-state index contributed by atoms with van der Waals surface area (Å²) in [5.74, 6) is 6.46. The minimum Gasteiger partial charge on any atom is -0.367 e. The largest absolute Gasteiger partial charge is 0.367 e. The molecule has 2 saturated heterocycles. The highest BCUT2D eigenvalue weighted by Gasteiger charge is 2.39. The summed E-state index contributed by atoms with van der Waals surface area (Å²) in [7, 11) is 1.57. The van der Waals surface area contributed by atoms with Crippen LogP contribution < -0.4 is 36.8 Å². The number of carbonyl (C=O) groups excluding carboxylic acids is 5. The predicted octanol–water partition coefficient (Wildman–Crippen LogP) is 4.31. The fourth-order valence-electron chi connectivity index (χ4n) is 8.36. The van der Waals surface area contributed by atoms with Gasteiger partial charge >= 0.3 is 6.03 Å². The van der Waals surface area contributed by atoms with E-state index in [1.54, 1.807) is 42.4 Å². The molecule has 2 aromatic heterocycles. The zero-order valence-corrected chi connectivity index (χ0v) is 35.6. The molecule has 18 heteroatoms. The van der Waals surface area contributed by atoms with Crippen LogP contribution in [0.2, 0.25) is 5.02 Å². The number of benzene rings is 2. The first-order valence-corrected chi connectivity index (χ1v) is 21.6. The molecule has 3 fully saturated rings. The molecule has 6 N–H and O–H groups in total. The number of para-hydroxylation sites is 1. The molecule has 0 spiro atoms. The van der Waals surface area contributed by atoms with Crippen LogP contribution in [0.25, 0.3) is 0 Å². The van der Waals surface area contributed by atoms with E-state index in [2.05, 4.69) is 63.6 Å². The number of piperidine rings is 1. The Morgan fingerprint density at radius 3 is 2.46 bits per heavy atom. The van der Waals surface area contributed by atoms with E-state index in [0.717, 1.165) is 49.0 Å². The summed E-state index contributed by atoms with van der Waals surface area (Å²) in [6, 6.07) is 16.3. The van der Waals surface area contributed by atoms with Crippen LogP contribution in [-0.4, -0.2) is 112 Å². The number of amides is 6. The smallest absolute Gasteiger partial charge is 0.317 e. The van der Waals surface area contributed by atoms with Crippen molar-refractivity contribution in [1.82, 2.24) is 46.0 Å². The van der Waals surface area contributed by atoms with Gasteiger partial charge in [-0.05, 0) is 80.1 Å².